The second-order valence-corrected chi connectivity index (χ2v) is 10.3. The summed E-state index contributed by atoms with van der Waals surface area (Å²) in [6, 6.07) is 25.1. The molecule has 184 valence electrons. The summed E-state index contributed by atoms with van der Waals surface area (Å²) >= 11 is 6.28. The molecule has 0 spiro atoms. The lowest BCUT2D eigenvalue weighted by Crippen LogP contribution is -2.29. The van der Waals surface area contributed by atoms with E-state index in [2.05, 4.69) is 15.6 Å². The fourth-order valence-electron chi connectivity index (χ4n) is 3.60. The maximum absolute atomic E-state index is 12.6. The molecule has 1 aromatic heterocycles. The maximum atomic E-state index is 12.6. The Morgan fingerprint density at radius 1 is 1.03 bits per heavy atom. The van der Waals surface area contributed by atoms with E-state index in [1.54, 1.807) is 28.9 Å². The van der Waals surface area contributed by atoms with Crippen LogP contribution in [0.15, 0.2) is 90.0 Å². The van der Waals surface area contributed by atoms with Gasteiger partial charge in [0.1, 0.15) is 0 Å². The van der Waals surface area contributed by atoms with Crippen LogP contribution in [0.4, 0.5) is 5.69 Å². The lowest BCUT2D eigenvalue weighted by Gasteiger charge is -2.22. The summed E-state index contributed by atoms with van der Waals surface area (Å²) in [5.41, 5.74) is 6.32. The van der Waals surface area contributed by atoms with Gasteiger partial charge in [0.05, 0.1) is 41.6 Å². The summed E-state index contributed by atoms with van der Waals surface area (Å²) in [6.07, 6.45) is 2.60. The highest BCUT2D eigenvalue weighted by molar-refractivity contribution is 7.92. The number of para-hydroxylation sites is 1. The SMILES string of the molecule is Cc1c(/C=N\NC(=O)c2ccc(N(Cc3ccccc3)S(C)(=O)=O)cc2)c(Cl)nn1-c1ccccc1. The lowest BCUT2D eigenvalue weighted by atomic mass is 10.2. The molecule has 4 aromatic rings. The molecule has 1 heterocycles. The number of nitrogens with one attached hydrogen (secondary N) is 1. The molecule has 3 aromatic carbocycles. The Morgan fingerprint density at radius 2 is 1.64 bits per heavy atom. The molecule has 8 nitrogen and oxygen atoms in total. The fourth-order valence-corrected chi connectivity index (χ4v) is 4.75. The number of benzene rings is 3. The fraction of sp³-hybridized carbons (Fsp3) is 0.115. The lowest BCUT2D eigenvalue weighted by molar-refractivity contribution is 0.0955. The molecule has 0 saturated carbocycles. The molecule has 1 amide bonds. The second-order valence-electron chi connectivity index (χ2n) is 8.04. The maximum Gasteiger partial charge on any atom is 0.271 e. The zero-order chi connectivity index (χ0) is 25.7. The van der Waals surface area contributed by atoms with Crippen LogP contribution in [-0.2, 0) is 16.6 Å². The number of hydrazone groups is 1. The number of hydrogen-bond acceptors (Lipinski definition) is 5. The van der Waals surface area contributed by atoms with Gasteiger partial charge >= 0.3 is 0 Å². The number of amides is 1. The zero-order valence-corrected chi connectivity index (χ0v) is 21.2. The third-order valence-electron chi connectivity index (χ3n) is 5.46. The van der Waals surface area contributed by atoms with Gasteiger partial charge in [-0.3, -0.25) is 9.10 Å². The van der Waals surface area contributed by atoms with Gasteiger partial charge in [-0.05, 0) is 48.9 Å². The molecule has 0 aliphatic carbocycles. The van der Waals surface area contributed by atoms with E-state index >= 15 is 0 Å². The Hall–Kier alpha value is -3.95. The molecule has 0 atom stereocenters. The highest BCUT2D eigenvalue weighted by atomic mass is 35.5. The van der Waals surface area contributed by atoms with Gasteiger partial charge in [0, 0.05) is 5.56 Å². The van der Waals surface area contributed by atoms with Gasteiger partial charge < -0.3 is 0 Å². The van der Waals surface area contributed by atoms with Gasteiger partial charge in [0.15, 0.2) is 5.15 Å². The van der Waals surface area contributed by atoms with Crippen LogP contribution >= 0.6 is 11.6 Å². The van der Waals surface area contributed by atoms with Crippen LogP contribution in [0, 0.1) is 6.92 Å². The summed E-state index contributed by atoms with van der Waals surface area (Å²) in [5.74, 6) is -0.448. The first-order valence-corrected chi connectivity index (χ1v) is 13.2. The van der Waals surface area contributed by atoms with Crippen LogP contribution in [0.25, 0.3) is 5.69 Å². The topological polar surface area (TPSA) is 96.7 Å². The molecule has 0 aliphatic heterocycles. The molecule has 0 bridgehead atoms. The quantitative estimate of drug-likeness (QED) is 0.271. The number of sulfonamides is 1. The van der Waals surface area contributed by atoms with Gasteiger partial charge in [0.25, 0.3) is 5.91 Å². The van der Waals surface area contributed by atoms with Crippen LogP contribution in [-0.4, -0.2) is 36.6 Å². The summed E-state index contributed by atoms with van der Waals surface area (Å²) in [5, 5.41) is 8.63. The molecule has 0 aliphatic rings. The number of anilines is 1. The van der Waals surface area contributed by atoms with Crippen molar-refractivity contribution in [1.29, 1.82) is 0 Å². The predicted molar refractivity (Wildman–Crippen MR) is 142 cm³/mol. The normalized spacial score (nSPS) is 11.5. The molecular weight excluding hydrogens is 498 g/mol. The van der Waals surface area contributed by atoms with Gasteiger partial charge in [-0.2, -0.15) is 10.2 Å². The zero-order valence-electron chi connectivity index (χ0n) is 19.7. The number of nitrogens with zero attached hydrogens (tertiary/aromatic N) is 4. The van der Waals surface area contributed by atoms with Crippen molar-refractivity contribution in [3.8, 4) is 5.69 Å². The summed E-state index contributed by atoms with van der Waals surface area (Å²) in [6.45, 7) is 2.04. The summed E-state index contributed by atoms with van der Waals surface area (Å²) in [7, 11) is -3.53. The molecule has 36 heavy (non-hydrogen) atoms. The Kier molecular flexibility index (Phi) is 7.52. The third-order valence-corrected chi connectivity index (χ3v) is 6.88. The van der Waals surface area contributed by atoms with Gasteiger partial charge in [-0.1, -0.05) is 60.1 Å². The van der Waals surface area contributed by atoms with E-state index in [1.807, 2.05) is 67.6 Å². The summed E-state index contributed by atoms with van der Waals surface area (Å²) < 4.78 is 27.8. The minimum atomic E-state index is -3.53. The number of rotatable bonds is 8. The van der Waals surface area contributed by atoms with Gasteiger partial charge in [0.2, 0.25) is 10.0 Å². The molecule has 0 saturated heterocycles. The van der Waals surface area contributed by atoms with E-state index in [0.717, 1.165) is 23.2 Å². The molecule has 0 radical (unpaired) electrons. The highest BCUT2D eigenvalue weighted by Gasteiger charge is 2.18. The van der Waals surface area contributed by atoms with Crippen LogP contribution in [0.1, 0.15) is 27.2 Å². The number of carbonyl (C=O) groups is 1. The van der Waals surface area contributed by atoms with Crippen molar-refractivity contribution in [2.45, 2.75) is 13.5 Å². The van der Waals surface area contributed by atoms with E-state index in [1.165, 1.54) is 10.5 Å². The van der Waals surface area contributed by atoms with Crippen molar-refractivity contribution >= 4 is 39.4 Å². The first-order valence-electron chi connectivity index (χ1n) is 11.0. The second kappa shape index (κ2) is 10.8. The highest BCUT2D eigenvalue weighted by Crippen LogP contribution is 2.22. The molecular formula is C26H24ClN5O3S. The molecule has 0 unspecified atom stereocenters. The van der Waals surface area contributed by atoms with E-state index in [-0.39, 0.29) is 11.7 Å². The number of hydrogen-bond donors (Lipinski definition) is 1. The average molecular weight is 522 g/mol. The molecule has 4 rings (SSSR count). The average Bonchev–Trinajstić information content (AvgIpc) is 3.16. The van der Waals surface area contributed by atoms with Crippen molar-refractivity contribution in [2.75, 3.05) is 10.6 Å². The van der Waals surface area contributed by atoms with Crippen LogP contribution < -0.4 is 9.73 Å². The van der Waals surface area contributed by atoms with E-state index < -0.39 is 15.9 Å². The monoisotopic (exact) mass is 521 g/mol. The Balaban J connectivity index is 1.46. The number of carbonyl (C=O) groups excluding carboxylic acids is 1. The first kappa shape index (κ1) is 25.2. The van der Waals surface area contributed by atoms with Crippen LogP contribution in [0.2, 0.25) is 5.15 Å². The Bertz CT molecular complexity index is 1490. The van der Waals surface area contributed by atoms with Crippen LogP contribution in [0.5, 0.6) is 0 Å². The van der Waals surface area contributed by atoms with Crippen molar-refractivity contribution < 1.29 is 13.2 Å². The molecule has 0 fully saturated rings. The van der Waals surface area contributed by atoms with E-state index in [4.69, 9.17) is 11.6 Å². The van der Waals surface area contributed by atoms with Crippen LogP contribution in [0.3, 0.4) is 0 Å². The van der Waals surface area contributed by atoms with Gasteiger partial charge in [-0.15, -0.1) is 0 Å². The van der Waals surface area contributed by atoms with Gasteiger partial charge in [-0.25, -0.2) is 18.5 Å². The predicted octanol–water partition coefficient (Wildman–Crippen LogP) is 4.56. The van der Waals surface area contributed by atoms with Crippen molar-refractivity contribution in [2.24, 2.45) is 5.10 Å². The Morgan fingerprint density at radius 3 is 2.25 bits per heavy atom. The smallest absolute Gasteiger partial charge is 0.267 e. The Labute approximate surface area is 214 Å². The summed E-state index contributed by atoms with van der Waals surface area (Å²) in [4.78, 5) is 12.6. The minimum Gasteiger partial charge on any atom is -0.267 e. The van der Waals surface area contributed by atoms with Crippen molar-refractivity contribution in [1.82, 2.24) is 15.2 Å². The molecule has 10 heteroatoms. The number of aromatic nitrogens is 2. The molecule has 1 N–H and O–H groups in total. The third kappa shape index (κ3) is 5.81. The van der Waals surface area contributed by atoms with E-state index in [0.29, 0.717) is 16.8 Å². The van der Waals surface area contributed by atoms with Crippen molar-refractivity contribution in [3.63, 3.8) is 0 Å². The standard InChI is InChI=1S/C26H24ClN5O3S/c1-19-24(25(27)30-32(19)23-11-7-4-8-12-23)17-28-29-26(33)21-13-15-22(16-14-21)31(36(2,34)35)18-20-9-5-3-6-10-20/h3-17H,18H2,1-2H3,(H,29,33)/b28-17-. The minimum absolute atomic E-state index is 0.187. The first-order chi connectivity index (χ1) is 17.2. The van der Waals surface area contributed by atoms with E-state index in [9.17, 15) is 13.2 Å². The van der Waals surface area contributed by atoms with Crippen molar-refractivity contribution in [3.05, 3.63) is 112 Å². The number of halogens is 1. The largest absolute Gasteiger partial charge is 0.271 e.